The van der Waals surface area contributed by atoms with Gasteiger partial charge in [0.25, 0.3) is 31.9 Å². The van der Waals surface area contributed by atoms with Crippen LogP contribution in [0.25, 0.3) is 22.3 Å². The molecule has 2 saturated carbocycles. The van der Waals surface area contributed by atoms with E-state index in [0.717, 1.165) is 12.8 Å². The van der Waals surface area contributed by atoms with Crippen LogP contribution in [0.5, 0.6) is 0 Å². The smallest absolute Gasteiger partial charge is 0.263 e. The van der Waals surface area contributed by atoms with Crippen LogP contribution in [0.4, 0.5) is 20.4 Å². The molecule has 4 amide bonds. The van der Waals surface area contributed by atoms with Gasteiger partial charge in [-0.1, -0.05) is 97.3 Å². The van der Waals surface area contributed by atoms with Crippen LogP contribution in [0.15, 0.2) is 108 Å². The van der Waals surface area contributed by atoms with E-state index in [2.05, 4.69) is 19.8 Å². The van der Waals surface area contributed by atoms with E-state index in [1.807, 2.05) is 39.8 Å². The number of rotatable bonds is 26. The van der Waals surface area contributed by atoms with Crippen LogP contribution in [-0.2, 0) is 75.0 Å². The Morgan fingerprint density at radius 1 is 0.642 bits per heavy atom. The van der Waals surface area contributed by atoms with Crippen LogP contribution < -0.4 is 9.44 Å². The maximum absolute atomic E-state index is 15.8. The topological polar surface area (TPSA) is 269 Å². The SMILES string of the molecule is CCCC/C1=N/CCCN(C(=O)C2(F)CC2)CC(=O)N1Cc1ccc(-c2ccc(C(CC)/C3=N/CN(C(=O)C4(F)CC4)CCCC(=O)N3Cc3ccc(-c4ccccc4S(=O)(=O)Nc4noc(C)c4C)c(COCC)c3)cc2S(=O)(=O)Nc2noc(C)c2C)c(COCC)c1. The zero-order valence-electron chi connectivity index (χ0n) is 55.2. The fourth-order valence-corrected chi connectivity index (χ4v) is 14.5. The molecule has 0 saturated heterocycles. The highest BCUT2D eigenvalue weighted by Crippen LogP contribution is 2.44. The molecular formula is C69H84F2N10O12S2. The number of carbonyl (C=O) groups excluding carboxylic acids is 4. The van der Waals surface area contributed by atoms with Crippen LogP contribution >= 0.6 is 0 Å². The number of aromatic nitrogens is 2. The number of aliphatic imine (C=N–C) groups is 2. The van der Waals surface area contributed by atoms with Gasteiger partial charge in [-0.05, 0) is 144 Å². The van der Waals surface area contributed by atoms with Crippen molar-refractivity contribution in [3.63, 3.8) is 0 Å². The first kappa shape index (κ1) is 69.6. The standard InChI is InChI=1S/C69H84F2N10O12S2/c1-9-13-20-60-72-32-17-34-78(66(84)68(70)28-29-68)40-62(83)80(60)38-48-22-26-55(52(35-48)42-91-12-4)57-27-24-50(37-59(57)95(88,89)77-64-45(6)47(8)93-75-64)53(10-2)65-73-43-79(67(85)69(71)30-31-69)33-16-21-61(82)81(65)39-49-23-25-54(51(36-49)41-90-11-3)56-18-14-15-19-58(56)94(86,87)76-63-44(5)46(7)92-74-63/h14-15,18-19,22-27,35-37,53H,9-13,16-17,20-21,28-34,38-43H2,1-8H3,(H,74,76)(H,75,77)/b72-60-,73-65-. The first-order chi connectivity index (χ1) is 45.4. The Balaban J connectivity index is 1.07. The number of unbranched alkanes of at least 4 members (excludes halogenated alkanes) is 1. The second-order valence-corrected chi connectivity index (χ2v) is 28.1. The first-order valence-corrected chi connectivity index (χ1v) is 35.6. The molecule has 1 atom stereocenters. The molecule has 10 rings (SSSR count). The molecular weight excluding hydrogens is 1260 g/mol. The molecule has 4 aliphatic rings. The second-order valence-electron chi connectivity index (χ2n) is 24.8. The van der Waals surface area contributed by atoms with Crippen LogP contribution in [0.1, 0.15) is 155 Å². The maximum Gasteiger partial charge on any atom is 0.263 e. The summed E-state index contributed by atoms with van der Waals surface area (Å²) in [7, 11) is -8.87. The number of anilines is 2. The lowest BCUT2D eigenvalue weighted by Crippen LogP contribution is -2.47. The Kier molecular flexibility index (Phi) is 21.6. The Morgan fingerprint density at radius 2 is 1.18 bits per heavy atom. The average Bonchev–Trinajstić information content (AvgIpc) is 1.77. The van der Waals surface area contributed by atoms with E-state index in [1.165, 1.54) is 26.8 Å². The summed E-state index contributed by atoms with van der Waals surface area (Å²) >= 11 is 0. The number of halogens is 2. The predicted molar refractivity (Wildman–Crippen MR) is 355 cm³/mol. The van der Waals surface area contributed by atoms with Crippen molar-refractivity contribution in [1.29, 1.82) is 0 Å². The van der Waals surface area contributed by atoms with Gasteiger partial charge in [0.05, 0.1) is 36.1 Å². The second kappa shape index (κ2) is 29.4. The fraction of sp³-hybridized carbons (Fsp3) is 0.478. The van der Waals surface area contributed by atoms with Crippen molar-refractivity contribution in [3.05, 3.63) is 129 Å². The van der Waals surface area contributed by atoms with Crippen molar-refractivity contribution < 1.29 is 63.3 Å². The van der Waals surface area contributed by atoms with Crippen LogP contribution in [0.2, 0.25) is 0 Å². The van der Waals surface area contributed by atoms with Gasteiger partial charge in [-0.2, -0.15) is 0 Å². The van der Waals surface area contributed by atoms with Gasteiger partial charge in [-0.25, -0.2) is 30.6 Å². The molecule has 0 radical (unpaired) electrons. The van der Waals surface area contributed by atoms with Gasteiger partial charge in [0.15, 0.2) is 23.0 Å². The number of nitrogens with one attached hydrogen (secondary N) is 2. The third-order valence-corrected chi connectivity index (χ3v) is 20.8. The van der Waals surface area contributed by atoms with E-state index in [9.17, 15) is 22.8 Å². The molecule has 22 nitrogen and oxygen atoms in total. The molecule has 2 aromatic heterocycles. The van der Waals surface area contributed by atoms with Crippen LogP contribution in [0, 0.1) is 27.7 Å². The summed E-state index contributed by atoms with van der Waals surface area (Å²) in [5, 5.41) is 7.98. The first-order valence-electron chi connectivity index (χ1n) is 32.6. The Morgan fingerprint density at radius 3 is 1.73 bits per heavy atom. The Labute approximate surface area is 554 Å². The number of benzene rings is 4. The zero-order chi connectivity index (χ0) is 68.0. The summed E-state index contributed by atoms with van der Waals surface area (Å²) in [5.41, 5.74) is 1.43. The van der Waals surface area contributed by atoms with E-state index in [0.29, 0.717) is 106 Å². The Bertz CT molecular complexity index is 4160. The molecule has 2 aliphatic heterocycles. The lowest BCUT2D eigenvalue weighted by molar-refractivity contribution is -0.143. The lowest BCUT2D eigenvalue weighted by Gasteiger charge is -2.31. The van der Waals surface area contributed by atoms with E-state index in [-0.39, 0.29) is 136 Å². The van der Waals surface area contributed by atoms with Gasteiger partial charge in [0.1, 0.15) is 36.4 Å². The highest BCUT2D eigenvalue weighted by molar-refractivity contribution is 7.93. The van der Waals surface area contributed by atoms with E-state index >= 15 is 22.0 Å². The Hall–Kier alpha value is -8.20. The monoisotopic (exact) mass is 1350 g/mol. The normalized spacial score (nSPS) is 18.3. The van der Waals surface area contributed by atoms with Gasteiger partial charge in [0.2, 0.25) is 11.8 Å². The van der Waals surface area contributed by atoms with Crippen molar-refractivity contribution >= 4 is 67.0 Å². The predicted octanol–water partition coefficient (Wildman–Crippen LogP) is 11.6. The molecule has 508 valence electrons. The average molecular weight is 1350 g/mol. The highest BCUT2D eigenvalue weighted by atomic mass is 32.2. The quantitative estimate of drug-likeness (QED) is 0.0511. The third-order valence-electron chi connectivity index (χ3n) is 18.0. The molecule has 0 bridgehead atoms. The van der Waals surface area contributed by atoms with Gasteiger partial charge in [-0.3, -0.25) is 43.4 Å². The number of ether oxygens (including phenoxy) is 2. The van der Waals surface area contributed by atoms with Crippen molar-refractivity contribution in [1.82, 2.24) is 29.9 Å². The highest BCUT2D eigenvalue weighted by Gasteiger charge is 2.54. The molecule has 2 aliphatic carbocycles. The van der Waals surface area contributed by atoms with Crippen molar-refractivity contribution in [2.45, 2.75) is 179 Å². The minimum absolute atomic E-state index is 0.0156. The summed E-state index contributed by atoms with van der Waals surface area (Å²) in [6, 6.07) is 22.3. The molecule has 1 unspecified atom stereocenters. The molecule has 6 aromatic rings. The lowest BCUT2D eigenvalue weighted by atomic mass is 9.90. The molecule has 26 heteroatoms. The van der Waals surface area contributed by atoms with E-state index in [4.69, 9.17) is 28.5 Å². The van der Waals surface area contributed by atoms with Gasteiger partial charge in [0, 0.05) is 73.9 Å². The summed E-state index contributed by atoms with van der Waals surface area (Å²) in [4.78, 5) is 72.3. The summed E-state index contributed by atoms with van der Waals surface area (Å²) in [6.07, 6.45) is 3.22. The van der Waals surface area contributed by atoms with Crippen molar-refractivity contribution in [2.75, 3.05) is 55.5 Å². The number of nitrogens with zero attached hydrogens (tertiary/aromatic N) is 8. The number of alkyl halides is 2. The van der Waals surface area contributed by atoms with Gasteiger partial charge >= 0.3 is 0 Å². The third kappa shape index (κ3) is 15.7. The fourth-order valence-electron chi connectivity index (χ4n) is 11.9. The number of carbonyl (C=O) groups is 4. The molecule has 4 heterocycles. The number of sulfonamides is 2. The van der Waals surface area contributed by atoms with Crippen LogP contribution in [-0.4, -0.2) is 139 Å². The number of amidine groups is 2. The minimum atomic E-state index is -4.63. The van der Waals surface area contributed by atoms with E-state index < -0.39 is 55.0 Å². The number of aryl methyl sites for hydroxylation is 2. The molecule has 0 spiro atoms. The van der Waals surface area contributed by atoms with Crippen molar-refractivity contribution in [3.8, 4) is 22.3 Å². The van der Waals surface area contributed by atoms with Gasteiger partial charge < -0.3 is 28.3 Å². The summed E-state index contributed by atoms with van der Waals surface area (Å²) < 4.78 is 118. The summed E-state index contributed by atoms with van der Waals surface area (Å²) in [6.45, 7) is 14.8. The zero-order valence-corrected chi connectivity index (χ0v) is 56.8. The van der Waals surface area contributed by atoms with Crippen molar-refractivity contribution in [2.24, 2.45) is 9.98 Å². The molecule has 2 fully saturated rings. The minimum Gasteiger partial charge on any atom is -0.377 e. The van der Waals surface area contributed by atoms with Crippen LogP contribution in [0.3, 0.4) is 0 Å². The molecule has 95 heavy (non-hydrogen) atoms. The molecule has 2 N–H and O–H groups in total. The number of amides is 4. The number of hydrogen-bond acceptors (Lipinski definition) is 16. The number of hydrogen-bond donors (Lipinski definition) is 2. The van der Waals surface area contributed by atoms with Gasteiger partial charge in [-0.15, -0.1) is 0 Å². The molecule has 4 aromatic carbocycles. The summed E-state index contributed by atoms with van der Waals surface area (Å²) in [5.74, 6) is -1.44. The largest absolute Gasteiger partial charge is 0.377 e. The maximum atomic E-state index is 15.8. The van der Waals surface area contributed by atoms with E-state index in [1.54, 1.807) is 87.2 Å².